The molecule has 3 rings (SSSR count). The van der Waals surface area contributed by atoms with Crippen LogP contribution in [-0.4, -0.2) is 48.5 Å². The first-order valence-electron chi connectivity index (χ1n) is 8.95. The molecule has 1 saturated carbocycles. The number of hydrogen-bond acceptors (Lipinski definition) is 4. The third-order valence-electron chi connectivity index (χ3n) is 5.38. The van der Waals surface area contributed by atoms with Crippen LogP contribution in [0.3, 0.4) is 0 Å². The maximum atomic E-state index is 13.1. The summed E-state index contributed by atoms with van der Waals surface area (Å²) in [4.78, 5) is 15.3. The Balaban J connectivity index is 1.81. The highest BCUT2D eigenvalue weighted by Crippen LogP contribution is 2.41. The molecule has 0 amide bonds. The molecule has 0 spiro atoms. The molecular formula is C19H28N2O2. The van der Waals surface area contributed by atoms with Crippen LogP contribution in [0.1, 0.15) is 37.7 Å². The summed E-state index contributed by atoms with van der Waals surface area (Å²) in [6, 6.07) is 9.57. The van der Waals surface area contributed by atoms with Gasteiger partial charge in [-0.15, -0.1) is 0 Å². The number of carbonyl (C=O) groups is 1. The molecular weight excluding hydrogens is 288 g/mol. The third-order valence-corrected chi connectivity index (χ3v) is 5.38. The molecule has 0 aromatic heterocycles. The summed E-state index contributed by atoms with van der Waals surface area (Å²) in [7, 11) is 0. The lowest BCUT2D eigenvalue weighted by molar-refractivity contribution is -0.146. The van der Waals surface area contributed by atoms with Crippen LogP contribution < -0.4 is 5.32 Å². The predicted molar refractivity (Wildman–Crippen MR) is 91.2 cm³/mol. The standard InChI is InChI=1S/C19H28N2O2/c22-18(15-21-13-6-11-20-12-14-21)19(23,17-9-4-5-10-17)16-7-2-1-3-8-16/h1-3,7-8,17,20,23H,4-6,9-15H2. The van der Waals surface area contributed by atoms with Gasteiger partial charge in [0.1, 0.15) is 0 Å². The van der Waals surface area contributed by atoms with Crippen molar-refractivity contribution in [3.63, 3.8) is 0 Å². The van der Waals surface area contributed by atoms with E-state index in [9.17, 15) is 9.90 Å². The molecule has 1 atom stereocenters. The van der Waals surface area contributed by atoms with E-state index in [0.29, 0.717) is 6.54 Å². The monoisotopic (exact) mass is 316 g/mol. The molecule has 1 unspecified atom stereocenters. The van der Waals surface area contributed by atoms with Crippen LogP contribution in [0.15, 0.2) is 30.3 Å². The summed E-state index contributed by atoms with van der Waals surface area (Å²) in [5.41, 5.74) is -0.554. The summed E-state index contributed by atoms with van der Waals surface area (Å²) in [5, 5.41) is 14.8. The summed E-state index contributed by atoms with van der Waals surface area (Å²) in [5.74, 6) is 0.0278. The molecule has 1 aliphatic heterocycles. The van der Waals surface area contributed by atoms with E-state index in [-0.39, 0.29) is 11.7 Å². The lowest BCUT2D eigenvalue weighted by Crippen LogP contribution is -2.48. The molecule has 1 aliphatic carbocycles. The van der Waals surface area contributed by atoms with Crippen molar-refractivity contribution in [1.82, 2.24) is 10.2 Å². The van der Waals surface area contributed by atoms with Crippen LogP contribution in [0.4, 0.5) is 0 Å². The Morgan fingerprint density at radius 3 is 2.61 bits per heavy atom. The first-order valence-corrected chi connectivity index (χ1v) is 8.95. The Kier molecular flexibility index (Phi) is 5.46. The highest BCUT2D eigenvalue weighted by Gasteiger charge is 2.46. The molecule has 1 heterocycles. The quantitative estimate of drug-likeness (QED) is 0.871. The van der Waals surface area contributed by atoms with Crippen molar-refractivity contribution in [1.29, 1.82) is 0 Å². The fourth-order valence-corrected chi connectivity index (χ4v) is 4.04. The molecule has 2 aliphatic rings. The average molecular weight is 316 g/mol. The lowest BCUT2D eigenvalue weighted by Gasteiger charge is -2.35. The SMILES string of the molecule is O=C(CN1CCCNCC1)C(O)(c1ccccc1)C1CCCC1. The van der Waals surface area contributed by atoms with Crippen LogP contribution in [-0.2, 0) is 10.4 Å². The number of benzene rings is 1. The van der Waals surface area contributed by atoms with E-state index in [2.05, 4.69) is 10.2 Å². The number of aliphatic hydroxyl groups is 1. The molecule has 1 aromatic rings. The first kappa shape index (κ1) is 16.6. The minimum atomic E-state index is -1.32. The number of nitrogens with one attached hydrogen (secondary N) is 1. The average Bonchev–Trinajstić information content (AvgIpc) is 3.01. The molecule has 23 heavy (non-hydrogen) atoms. The molecule has 2 fully saturated rings. The second-order valence-corrected chi connectivity index (χ2v) is 6.92. The van der Waals surface area contributed by atoms with Crippen LogP contribution in [0.5, 0.6) is 0 Å². The Bertz CT molecular complexity index is 505. The fraction of sp³-hybridized carbons (Fsp3) is 0.632. The first-order chi connectivity index (χ1) is 11.2. The normalized spacial score (nSPS) is 23.3. The highest BCUT2D eigenvalue weighted by molar-refractivity contribution is 5.90. The second kappa shape index (κ2) is 7.56. The van der Waals surface area contributed by atoms with E-state index >= 15 is 0 Å². The maximum Gasteiger partial charge on any atom is 0.183 e. The maximum absolute atomic E-state index is 13.1. The summed E-state index contributed by atoms with van der Waals surface area (Å²) in [6.45, 7) is 4.08. The van der Waals surface area contributed by atoms with Gasteiger partial charge in [0.2, 0.25) is 0 Å². The highest BCUT2D eigenvalue weighted by atomic mass is 16.3. The van der Waals surface area contributed by atoms with Crippen molar-refractivity contribution in [2.24, 2.45) is 5.92 Å². The molecule has 4 heteroatoms. The second-order valence-electron chi connectivity index (χ2n) is 6.92. The van der Waals surface area contributed by atoms with Crippen LogP contribution in [0.25, 0.3) is 0 Å². The van der Waals surface area contributed by atoms with E-state index in [4.69, 9.17) is 0 Å². The van der Waals surface area contributed by atoms with Gasteiger partial charge < -0.3 is 10.4 Å². The van der Waals surface area contributed by atoms with Gasteiger partial charge in [-0.1, -0.05) is 43.2 Å². The number of hydrogen-bond donors (Lipinski definition) is 2. The van der Waals surface area contributed by atoms with Gasteiger partial charge in [-0.05, 0) is 43.8 Å². The summed E-state index contributed by atoms with van der Waals surface area (Å²) < 4.78 is 0. The van der Waals surface area contributed by atoms with E-state index in [1.165, 1.54) is 0 Å². The molecule has 4 nitrogen and oxygen atoms in total. The van der Waals surface area contributed by atoms with Crippen molar-refractivity contribution >= 4 is 5.78 Å². The zero-order valence-corrected chi connectivity index (χ0v) is 13.8. The van der Waals surface area contributed by atoms with Gasteiger partial charge in [0, 0.05) is 13.1 Å². The van der Waals surface area contributed by atoms with Gasteiger partial charge in [0.25, 0.3) is 0 Å². The van der Waals surface area contributed by atoms with Gasteiger partial charge >= 0.3 is 0 Å². The largest absolute Gasteiger partial charge is 0.377 e. The van der Waals surface area contributed by atoms with E-state index < -0.39 is 5.60 Å². The third kappa shape index (κ3) is 3.65. The number of carbonyl (C=O) groups excluding carboxylic acids is 1. The van der Waals surface area contributed by atoms with Gasteiger partial charge in [0.15, 0.2) is 11.4 Å². The van der Waals surface area contributed by atoms with E-state index in [1.807, 2.05) is 30.3 Å². The van der Waals surface area contributed by atoms with Crippen molar-refractivity contribution in [3.8, 4) is 0 Å². The Hall–Kier alpha value is -1.23. The van der Waals surface area contributed by atoms with Gasteiger partial charge in [-0.2, -0.15) is 0 Å². The fourth-order valence-electron chi connectivity index (χ4n) is 4.04. The minimum Gasteiger partial charge on any atom is -0.377 e. The Labute approximate surface area is 138 Å². The summed E-state index contributed by atoms with van der Waals surface area (Å²) in [6.07, 6.45) is 5.17. The Morgan fingerprint density at radius 1 is 1.13 bits per heavy atom. The molecule has 2 N–H and O–H groups in total. The van der Waals surface area contributed by atoms with Crippen LogP contribution in [0.2, 0.25) is 0 Å². The van der Waals surface area contributed by atoms with Crippen molar-refractivity contribution in [2.75, 3.05) is 32.7 Å². The summed E-state index contributed by atoms with van der Waals surface area (Å²) >= 11 is 0. The number of rotatable bonds is 5. The molecule has 1 saturated heterocycles. The molecule has 0 radical (unpaired) electrons. The van der Waals surface area contributed by atoms with Crippen molar-refractivity contribution < 1.29 is 9.90 Å². The van der Waals surface area contributed by atoms with Crippen molar-refractivity contribution in [3.05, 3.63) is 35.9 Å². The molecule has 126 valence electrons. The zero-order chi connectivity index (χ0) is 16.1. The Morgan fingerprint density at radius 2 is 1.87 bits per heavy atom. The topological polar surface area (TPSA) is 52.6 Å². The van der Waals surface area contributed by atoms with Gasteiger partial charge in [0.05, 0.1) is 6.54 Å². The predicted octanol–water partition coefficient (Wildman–Crippen LogP) is 1.93. The van der Waals surface area contributed by atoms with E-state index in [0.717, 1.165) is 63.8 Å². The lowest BCUT2D eigenvalue weighted by atomic mass is 9.77. The number of Topliss-reactive ketones (excluding diaryl/α,β-unsaturated/α-hetero) is 1. The zero-order valence-electron chi connectivity index (χ0n) is 13.8. The van der Waals surface area contributed by atoms with Crippen LogP contribution >= 0.6 is 0 Å². The number of ketones is 1. The number of nitrogens with zero attached hydrogens (tertiary/aromatic N) is 1. The molecule has 1 aromatic carbocycles. The minimum absolute atomic E-state index is 0.0301. The smallest absolute Gasteiger partial charge is 0.183 e. The van der Waals surface area contributed by atoms with Crippen LogP contribution in [0, 0.1) is 5.92 Å². The van der Waals surface area contributed by atoms with Crippen molar-refractivity contribution in [2.45, 2.75) is 37.7 Å². The molecule has 0 bridgehead atoms. The van der Waals surface area contributed by atoms with Gasteiger partial charge in [-0.25, -0.2) is 0 Å². The van der Waals surface area contributed by atoms with E-state index in [1.54, 1.807) is 0 Å². The van der Waals surface area contributed by atoms with Gasteiger partial charge in [-0.3, -0.25) is 9.69 Å².